The van der Waals surface area contributed by atoms with Gasteiger partial charge in [0.15, 0.2) is 0 Å². The van der Waals surface area contributed by atoms with E-state index >= 15 is 0 Å². The van der Waals surface area contributed by atoms with Crippen molar-refractivity contribution in [3.8, 4) is 0 Å². The molecule has 5 nitrogen and oxygen atoms in total. The van der Waals surface area contributed by atoms with Crippen molar-refractivity contribution < 1.29 is 4.79 Å². The fraction of sp³-hybridized carbons (Fsp3) is 0.100. The Labute approximate surface area is 96.7 Å². The normalized spacial score (nSPS) is 10.3. The van der Waals surface area contributed by atoms with Crippen molar-refractivity contribution >= 4 is 23.6 Å². The summed E-state index contributed by atoms with van der Waals surface area (Å²) in [5.41, 5.74) is 6.13. The Morgan fingerprint density at radius 2 is 2.19 bits per heavy atom. The maximum Gasteiger partial charge on any atom is 0.267 e. The molecule has 0 aliphatic carbocycles. The summed E-state index contributed by atoms with van der Waals surface area (Å²) < 4.78 is 1.23. The van der Waals surface area contributed by atoms with Crippen LogP contribution in [0.1, 0.15) is 10.4 Å². The van der Waals surface area contributed by atoms with Gasteiger partial charge in [0.25, 0.3) is 5.91 Å². The standard InChI is InChI=1S/C10H10N4OS/c1-16-8-5-3-2-4-7(8)9(15)14-6-12-13-10(14)11/h2-6H,1H3,(H2,11,13). The van der Waals surface area contributed by atoms with Gasteiger partial charge < -0.3 is 5.73 Å². The predicted octanol–water partition coefficient (Wildman–Crippen LogP) is 1.27. The monoisotopic (exact) mass is 234 g/mol. The first-order chi connectivity index (χ1) is 7.74. The van der Waals surface area contributed by atoms with Crippen molar-refractivity contribution in [2.45, 2.75) is 4.90 Å². The minimum atomic E-state index is -0.215. The summed E-state index contributed by atoms with van der Waals surface area (Å²) in [6.45, 7) is 0. The van der Waals surface area contributed by atoms with Gasteiger partial charge in [0, 0.05) is 4.90 Å². The molecule has 82 valence electrons. The number of benzene rings is 1. The van der Waals surface area contributed by atoms with Crippen LogP contribution in [0.2, 0.25) is 0 Å². The summed E-state index contributed by atoms with van der Waals surface area (Å²) in [6.07, 6.45) is 3.23. The minimum absolute atomic E-state index is 0.0981. The largest absolute Gasteiger partial charge is 0.368 e. The molecule has 2 aromatic rings. The van der Waals surface area contributed by atoms with Gasteiger partial charge in [0.2, 0.25) is 5.95 Å². The van der Waals surface area contributed by atoms with Crippen LogP contribution in [-0.4, -0.2) is 26.9 Å². The molecule has 2 rings (SSSR count). The van der Waals surface area contributed by atoms with Gasteiger partial charge in [-0.1, -0.05) is 12.1 Å². The number of thioether (sulfide) groups is 1. The highest BCUT2D eigenvalue weighted by Crippen LogP contribution is 2.21. The van der Waals surface area contributed by atoms with Crippen molar-refractivity contribution in [1.82, 2.24) is 14.8 Å². The fourth-order valence-corrected chi connectivity index (χ4v) is 1.94. The molecule has 0 amide bonds. The van der Waals surface area contributed by atoms with Gasteiger partial charge in [-0.15, -0.1) is 22.0 Å². The van der Waals surface area contributed by atoms with Crippen LogP contribution in [0.5, 0.6) is 0 Å². The topological polar surface area (TPSA) is 73.8 Å². The zero-order chi connectivity index (χ0) is 11.5. The van der Waals surface area contributed by atoms with Crippen molar-refractivity contribution in [2.24, 2.45) is 0 Å². The van der Waals surface area contributed by atoms with Gasteiger partial charge in [-0.25, -0.2) is 4.57 Å². The van der Waals surface area contributed by atoms with Crippen LogP contribution in [0.3, 0.4) is 0 Å². The molecule has 1 heterocycles. The van der Waals surface area contributed by atoms with Crippen LogP contribution in [0.25, 0.3) is 0 Å². The average molecular weight is 234 g/mol. The molecule has 0 spiro atoms. The smallest absolute Gasteiger partial charge is 0.267 e. The molecule has 2 N–H and O–H groups in total. The first-order valence-corrected chi connectivity index (χ1v) is 5.79. The SMILES string of the molecule is CSc1ccccc1C(=O)n1cnnc1N. The molecule has 0 fully saturated rings. The number of carbonyl (C=O) groups is 1. The summed E-state index contributed by atoms with van der Waals surface area (Å²) in [4.78, 5) is 13.0. The van der Waals surface area contributed by atoms with Crippen LogP contribution in [0, 0.1) is 0 Å². The molecule has 1 aromatic heterocycles. The van der Waals surface area contributed by atoms with Gasteiger partial charge in [-0.3, -0.25) is 4.79 Å². The molecule has 0 unspecified atom stereocenters. The number of nitrogens with two attached hydrogens (primary N) is 1. The Balaban J connectivity index is 2.46. The predicted molar refractivity (Wildman–Crippen MR) is 62.4 cm³/mol. The summed E-state index contributed by atoms with van der Waals surface area (Å²) in [5, 5.41) is 7.17. The lowest BCUT2D eigenvalue weighted by atomic mass is 10.2. The highest BCUT2D eigenvalue weighted by Gasteiger charge is 2.14. The molecule has 0 aliphatic rings. The molecule has 6 heteroatoms. The van der Waals surface area contributed by atoms with Crippen LogP contribution < -0.4 is 5.73 Å². The summed E-state index contributed by atoms with van der Waals surface area (Å²) in [7, 11) is 0. The highest BCUT2D eigenvalue weighted by atomic mass is 32.2. The van der Waals surface area contributed by atoms with Gasteiger partial charge in [-0.2, -0.15) is 0 Å². The van der Waals surface area contributed by atoms with Gasteiger partial charge >= 0.3 is 0 Å². The summed E-state index contributed by atoms with van der Waals surface area (Å²) in [6, 6.07) is 7.34. The van der Waals surface area contributed by atoms with E-state index in [9.17, 15) is 4.79 Å². The molecule has 16 heavy (non-hydrogen) atoms. The van der Waals surface area contributed by atoms with E-state index in [1.807, 2.05) is 24.5 Å². The lowest BCUT2D eigenvalue weighted by Gasteiger charge is -2.06. The van der Waals surface area contributed by atoms with Crippen molar-refractivity contribution in [2.75, 3.05) is 12.0 Å². The molecule has 0 saturated carbocycles. The van der Waals surface area contributed by atoms with Crippen LogP contribution in [0.15, 0.2) is 35.5 Å². The molecular formula is C10H10N4OS. The minimum Gasteiger partial charge on any atom is -0.368 e. The Bertz CT molecular complexity index is 523. The zero-order valence-corrected chi connectivity index (χ0v) is 9.44. The van der Waals surface area contributed by atoms with Gasteiger partial charge in [-0.05, 0) is 18.4 Å². The second-order valence-electron chi connectivity index (χ2n) is 3.06. The number of nitrogen functional groups attached to an aromatic ring is 1. The summed E-state index contributed by atoms with van der Waals surface area (Å²) in [5.74, 6) is -0.117. The number of carbonyl (C=O) groups excluding carboxylic acids is 1. The van der Waals surface area contributed by atoms with E-state index in [1.54, 1.807) is 6.07 Å². The molecular weight excluding hydrogens is 224 g/mol. The number of nitrogens with zero attached hydrogens (tertiary/aromatic N) is 3. The Hall–Kier alpha value is -1.82. The van der Waals surface area contributed by atoms with Crippen molar-refractivity contribution in [3.05, 3.63) is 36.2 Å². The van der Waals surface area contributed by atoms with E-state index in [0.717, 1.165) is 4.90 Å². The maximum absolute atomic E-state index is 12.1. The number of rotatable bonds is 2. The van der Waals surface area contributed by atoms with E-state index in [-0.39, 0.29) is 11.9 Å². The number of aromatic nitrogens is 3. The van der Waals surface area contributed by atoms with Crippen LogP contribution in [0.4, 0.5) is 5.95 Å². The van der Waals surface area contributed by atoms with E-state index in [2.05, 4.69) is 10.2 Å². The third-order valence-electron chi connectivity index (χ3n) is 2.13. The van der Waals surface area contributed by atoms with Crippen molar-refractivity contribution in [1.29, 1.82) is 0 Å². The van der Waals surface area contributed by atoms with Crippen LogP contribution >= 0.6 is 11.8 Å². The third kappa shape index (κ3) is 1.79. The number of anilines is 1. The van der Waals surface area contributed by atoms with Crippen molar-refractivity contribution in [3.63, 3.8) is 0 Å². The molecule has 0 atom stereocenters. The lowest BCUT2D eigenvalue weighted by Crippen LogP contribution is -2.14. The summed E-state index contributed by atoms with van der Waals surface area (Å²) >= 11 is 1.51. The molecule has 0 saturated heterocycles. The van der Waals surface area contributed by atoms with E-state index < -0.39 is 0 Å². The molecule has 1 aromatic carbocycles. The van der Waals surface area contributed by atoms with E-state index in [4.69, 9.17) is 5.73 Å². The van der Waals surface area contributed by atoms with Crippen LogP contribution in [-0.2, 0) is 0 Å². The first kappa shape index (κ1) is 10.7. The average Bonchev–Trinajstić information content (AvgIpc) is 2.74. The quantitative estimate of drug-likeness (QED) is 0.792. The number of hydrogen-bond acceptors (Lipinski definition) is 5. The highest BCUT2D eigenvalue weighted by molar-refractivity contribution is 7.98. The molecule has 0 radical (unpaired) electrons. The Morgan fingerprint density at radius 3 is 2.81 bits per heavy atom. The van der Waals surface area contributed by atoms with E-state index in [0.29, 0.717) is 5.56 Å². The van der Waals surface area contributed by atoms with Gasteiger partial charge in [0.05, 0.1) is 5.56 Å². The third-order valence-corrected chi connectivity index (χ3v) is 2.93. The maximum atomic E-state index is 12.1. The first-order valence-electron chi connectivity index (χ1n) is 4.57. The second kappa shape index (κ2) is 4.36. The molecule has 0 aliphatic heterocycles. The second-order valence-corrected chi connectivity index (χ2v) is 3.91. The lowest BCUT2D eigenvalue weighted by molar-refractivity contribution is 0.0959. The van der Waals surface area contributed by atoms with E-state index in [1.165, 1.54) is 22.7 Å². The molecule has 0 bridgehead atoms. The fourth-order valence-electron chi connectivity index (χ4n) is 1.35. The zero-order valence-electron chi connectivity index (χ0n) is 8.62. The Morgan fingerprint density at radius 1 is 1.44 bits per heavy atom. The Kier molecular flexibility index (Phi) is 2.91. The number of hydrogen-bond donors (Lipinski definition) is 1. The van der Waals surface area contributed by atoms with Gasteiger partial charge in [0.1, 0.15) is 6.33 Å².